The van der Waals surface area contributed by atoms with Crippen molar-refractivity contribution in [2.75, 3.05) is 0 Å². The van der Waals surface area contributed by atoms with Gasteiger partial charge in [-0.3, -0.25) is 0 Å². The maximum absolute atomic E-state index is 8.60. The molecule has 0 heterocycles. The molecule has 0 N–H and O–H groups in total. The average molecular weight is 369 g/mol. The van der Waals surface area contributed by atoms with Crippen molar-refractivity contribution in [3.8, 4) is 0 Å². The summed E-state index contributed by atoms with van der Waals surface area (Å²) in [6, 6.07) is 0. The fourth-order valence-electron chi connectivity index (χ4n) is 0. The Labute approximate surface area is 101 Å². The van der Waals surface area contributed by atoms with Crippen LogP contribution in [0, 0.1) is 0 Å². The smallest absolute Gasteiger partial charge is 2.00 e. The zero-order valence-corrected chi connectivity index (χ0v) is 11.9. The quantitative estimate of drug-likeness (QED) is 0.415. The standard InChI is InChI=1S/2Nb.6O.Sr/q;;;;;;2*-1;+2. The summed E-state index contributed by atoms with van der Waals surface area (Å²) < 4.78 is 51.6. The molecule has 0 rings (SSSR count). The van der Waals surface area contributed by atoms with Crippen molar-refractivity contribution in [1.82, 2.24) is 0 Å². The summed E-state index contributed by atoms with van der Waals surface area (Å²) >= 11 is -8.40. The van der Waals surface area contributed by atoms with Gasteiger partial charge in [-0.15, -0.1) is 0 Å². The molecular weight excluding hydrogens is 369 g/mol. The van der Waals surface area contributed by atoms with E-state index in [0.29, 0.717) is 0 Å². The molecule has 0 radical (unpaired) electrons. The van der Waals surface area contributed by atoms with Gasteiger partial charge in [0.05, 0.1) is 0 Å². The molecule has 0 saturated heterocycles. The Bertz CT molecular complexity index is 128. The molecule has 0 aliphatic heterocycles. The van der Waals surface area contributed by atoms with Crippen LogP contribution in [0.25, 0.3) is 0 Å². The minimum absolute atomic E-state index is 0. The Balaban J connectivity index is -0.0000000720. The van der Waals surface area contributed by atoms with Crippen LogP contribution < -0.4 is 7.23 Å². The monoisotopic (exact) mass is 370 g/mol. The van der Waals surface area contributed by atoms with E-state index < -0.39 is 37.6 Å². The van der Waals surface area contributed by atoms with E-state index in [-0.39, 0.29) is 45.5 Å². The SMILES string of the molecule is [O]=[Nb](=[O])[O-].[O]=[Nb](=[O])[O-].[Sr+2]. The maximum atomic E-state index is 8.60. The van der Waals surface area contributed by atoms with Crippen molar-refractivity contribution < 1.29 is 57.8 Å². The summed E-state index contributed by atoms with van der Waals surface area (Å²) in [5.74, 6) is 0. The first-order valence-corrected chi connectivity index (χ1v) is 6.48. The van der Waals surface area contributed by atoms with Crippen LogP contribution in [-0.2, 0) is 50.6 Å². The van der Waals surface area contributed by atoms with Gasteiger partial charge in [0.1, 0.15) is 0 Å². The van der Waals surface area contributed by atoms with Gasteiger partial charge in [0, 0.05) is 0 Å². The molecule has 9 heavy (non-hydrogen) atoms. The molecule has 0 aromatic carbocycles. The molecule has 0 fully saturated rings. The van der Waals surface area contributed by atoms with Crippen LogP contribution in [0.1, 0.15) is 0 Å². The van der Waals surface area contributed by atoms with Gasteiger partial charge in [0.2, 0.25) is 0 Å². The minimum atomic E-state index is -4.20. The van der Waals surface area contributed by atoms with E-state index in [2.05, 4.69) is 0 Å². The second kappa shape index (κ2) is 12.7. The second-order valence-corrected chi connectivity index (χ2v) is 2.65. The second-order valence-electron chi connectivity index (χ2n) is 0.447. The van der Waals surface area contributed by atoms with E-state index in [1.807, 2.05) is 0 Å². The summed E-state index contributed by atoms with van der Waals surface area (Å²) in [7, 11) is 0. The van der Waals surface area contributed by atoms with Crippen LogP contribution in [0.2, 0.25) is 0 Å². The van der Waals surface area contributed by atoms with Gasteiger partial charge in [-0.05, 0) is 0 Å². The van der Waals surface area contributed by atoms with Crippen LogP contribution in [0.15, 0.2) is 0 Å². The molecule has 0 aliphatic carbocycles. The molecule has 48 valence electrons. The van der Waals surface area contributed by atoms with E-state index in [0.717, 1.165) is 0 Å². The molecule has 0 unspecified atom stereocenters. The molecule has 9 heteroatoms. The Morgan fingerprint density at radius 1 is 0.778 bits per heavy atom. The maximum Gasteiger partial charge on any atom is 2.00 e. The number of rotatable bonds is 0. The minimum Gasteiger partial charge on any atom is 2.00 e. The summed E-state index contributed by atoms with van der Waals surface area (Å²) in [4.78, 5) is 0. The molecule has 0 spiro atoms. The average Bonchev–Trinajstić information content (AvgIpc) is 1.25. The first kappa shape index (κ1) is 17.2. The van der Waals surface area contributed by atoms with Gasteiger partial charge in [0.25, 0.3) is 0 Å². The van der Waals surface area contributed by atoms with Crippen molar-refractivity contribution >= 4 is 45.5 Å². The van der Waals surface area contributed by atoms with Crippen LogP contribution in [0.4, 0.5) is 0 Å². The third kappa shape index (κ3) is 152. The largest absolute Gasteiger partial charge is 2.00 e. The molecule has 0 aromatic rings. The third-order valence-electron chi connectivity index (χ3n) is 0. The van der Waals surface area contributed by atoms with Crippen molar-refractivity contribution in [2.45, 2.75) is 0 Å². The van der Waals surface area contributed by atoms with Crippen LogP contribution in [-0.4, -0.2) is 45.5 Å². The molecule has 0 aliphatic rings. The van der Waals surface area contributed by atoms with Gasteiger partial charge < -0.3 is 0 Å². The Morgan fingerprint density at radius 2 is 0.778 bits per heavy atom. The summed E-state index contributed by atoms with van der Waals surface area (Å²) in [5.41, 5.74) is 0. The van der Waals surface area contributed by atoms with Gasteiger partial charge in [-0.1, -0.05) is 0 Å². The molecular formula is Nb2O6Sr. The predicted octanol–water partition coefficient (Wildman–Crippen LogP) is -3.24. The normalized spacial score (nSPS) is 5.56. The van der Waals surface area contributed by atoms with E-state index >= 15 is 0 Å². The Hall–Kier alpha value is 2.08. The van der Waals surface area contributed by atoms with Gasteiger partial charge in [-0.25, -0.2) is 0 Å². The van der Waals surface area contributed by atoms with Crippen molar-refractivity contribution in [2.24, 2.45) is 0 Å². The summed E-state index contributed by atoms with van der Waals surface area (Å²) in [6.45, 7) is 0. The van der Waals surface area contributed by atoms with E-state index in [4.69, 9.17) is 20.2 Å². The zero-order chi connectivity index (χ0) is 7.15. The molecule has 0 saturated carbocycles. The molecule has 0 amide bonds. The van der Waals surface area contributed by atoms with Crippen molar-refractivity contribution in [3.63, 3.8) is 0 Å². The molecule has 0 bridgehead atoms. The van der Waals surface area contributed by atoms with E-state index in [1.165, 1.54) is 0 Å². The summed E-state index contributed by atoms with van der Waals surface area (Å²) in [5, 5.41) is 0. The fourth-order valence-corrected chi connectivity index (χ4v) is 0. The zero-order valence-electron chi connectivity index (χ0n) is 4.05. The molecule has 6 nitrogen and oxygen atoms in total. The topological polar surface area (TPSA) is 114 Å². The predicted molar refractivity (Wildman–Crippen MR) is 8.50 cm³/mol. The van der Waals surface area contributed by atoms with Crippen LogP contribution >= 0.6 is 0 Å². The van der Waals surface area contributed by atoms with E-state index in [1.54, 1.807) is 0 Å². The van der Waals surface area contributed by atoms with Crippen LogP contribution in [0.3, 0.4) is 0 Å². The summed E-state index contributed by atoms with van der Waals surface area (Å²) in [6.07, 6.45) is 0. The molecule has 0 aromatic heterocycles. The van der Waals surface area contributed by atoms with Crippen molar-refractivity contribution in [3.05, 3.63) is 0 Å². The first-order valence-electron chi connectivity index (χ1n) is 1.10. The molecule has 0 atom stereocenters. The van der Waals surface area contributed by atoms with Crippen LogP contribution in [0.5, 0.6) is 0 Å². The van der Waals surface area contributed by atoms with Gasteiger partial charge >= 0.3 is 103 Å². The van der Waals surface area contributed by atoms with Crippen molar-refractivity contribution in [1.29, 1.82) is 0 Å². The number of hydrogen-bond acceptors (Lipinski definition) is 6. The van der Waals surface area contributed by atoms with Gasteiger partial charge in [0.15, 0.2) is 0 Å². The first-order chi connectivity index (χ1) is 3.46. The van der Waals surface area contributed by atoms with Gasteiger partial charge in [-0.2, -0.15) is 0 Å². The van der Waals surface area contributed by atoms with E-state index in [9.17, 15) is 0 Å². The third-order valence-corrected chi connectivity index (χ3v) is 0. The Kier molecular flexibility index (Phi) is 24.4. The fraction of sp³-hybridized carbons (Fsp3) is 0. The number of hydrogen-bond donors (Lipinski definition) is 0. The Morgan fingerprint density at radius 3 is 0.778 bits per heavy atom.